The molecule has 0 spiro atoms. The van der Waals surface area contributed by atoms with Gasteiger partial charge in [-0.25, -0.2) is 13.2 Å². The summed E-state index contributed by atoms with van der Waals surface area (Å²) in [7, 11) is -3.45. The molecule has 3 N–H and O–H groups in total. The first-order chi connectivity index (χ1) is 24.5. The lowest BCUT2D eigenvalue weighted by Gasteiger charge is -2.32. The number of aliphatic hydroxyl groups excluding tert-OH is 1. The zero-order chi connectivity index (χ0) is 37.4. The number of aliphatic hydroxyl groups is 1. The lowest BCUT2D eigenvalue weighted by atomic mass is 9.96. The van der Waals surface area contributed by atoms with E-state index in [1.165, 1.54) is 16.1 Å². The Hall–Kier alpha value is -3.93. The topological polar surface area (TPSA) is 151 Å². The Morgan fingerprint density at radius 2 is 1.77 bits per heavy atom. The van der Waals surface area contributed by atoms with Gasteiger partial charge in [0.2, 0.25) is 15.9 Å². The number of aromatic nitrogens is 2. The molecular formula is C38H47ClN6O6S. The van der Waals surface area contributed by atoms with Crippen molar-refractivity contribution < 1.29 is 27.9 Å². The number of sulfonamides is 1. The first kappa shape index (κ1) is 37.8. The van der Waals surface area contributed by atoms with Crippen molar-refractivity contribution in [3.8, 4) is 23.1 Å². The van der Waals surface area contributed by atoms with E-state index in [9.17, 15) is 23.1 Å². The van der Waals surface area contributed by atoms with E-state index >= 15 is 0 Å². The highest BCUT2D eigenvalue weighted by Crippen LogP contribution is 2.33. The fraction of sp³-hybridized carbons (Fsp3) is 0.500. The number of benzene rings is 2. The maximum Gasteiger partial charge on any atom is 0.410 e. The van der Waals surface area contributed by atoms with Crippen LogP contribution in [-0.2, 0) is 52.0 Å². The number of nitrogens with zero attached hydrogens (tertiary/aromatic N) is 5. The third kappa shape index (κ3) is 8.98. The van der Waals surface area contributed by atoms with Crippen LogP contribution in [0.4, 0.5) is 4.79 Å². The highest BCUT2D eigenvalue weighted by Gasteiger charge is 2.31. The summed E-state index contributed by atoms with van der Waals surface area (Å²) in [6.07, 6.45) is 2.68. The van der Waals surface area contributed by atoms with Crippen molar-refractivity contribution in [2.75, 3.05) is 39.0 Å². The van der Waals surface area contributed by atoms with Gasteiger partial charge in [0.1, 0.15) is 5.60 Å². The molecule has 0 bridgehead atoms. The zero-order valence-electron chi connectivity index (χ0n) is 30.2. The molecule has 3 aliphatic heterocycles. The van der Waals surface area contributed by atoms with Gasteiger partial charge in [-0.15, -0.1) is 0 Å². The molecule has 0 radical (unpaired) electrons. The number of ether oxygens (including phenoxy) is 1. The second-order valence-electron chi connectivity index (χ2n) is 15.0. The fourth-order valence-corrected chi connectivity index (χ4v) is 8.06. The van der Waals surface area contributed by atoms with E-state index in [1.807, 2.05) is 51.1 Å². The molecule has 1 aromatic heterocycles. The lowest BCUT2D eigenvalue weighted by Crippen LogP contribution is -2.43. The second kappa shape index (κ2) is 15.2. The molecule has 0 aliphatic carbocycles. The Balaban J connectivity index is 1.24. The van der Waals surface area contributed by atoms with Gasteiger partial charge >= 0.3 is 6.09 Å². The highest BCUT2D eigenvalue weighted by atomic mass is 35.5. The Morgan fingerprint density at radius 3 is 2.46 bits per heavy atom. The summed E-state index contributed by atoms with van der Waals surface area (Å²) in [5, 5.41) is 16.6. The van der Waals surface area contributed by atoms with Crippen LogP contribution in [0.1, 0.15) is 67.1 Å². The predicted molar refractivity (Wildman–Crippen MR) is 199 cm³/mol. The van der Waals surface area contributed by atoms with Gasteiger partial charge in [-0.05, 0) is 88.5 Å². The van der Waals surface area contributed by atoms with Crippen LogP contribution in [0.2, 0.25) is 5.02 Å². The second-order valence-corrected chi connectivity index (χ2v) is 17.4. The lowest BCUT2D eigenvalue weighted by molar-refractivity contribution is -0.123. The molecule has 0 saturated carbocycles. The zero-order valence-corrected chi connectivity index (χ0v) is 31.8. The molecule has 12 nitrogen and oxygen atoms in total. The van der Waals surface area contributed by atoms with Gasteiger partial charge in [-0.2, -0.15) is 9.40 Å². The average molecular weight is 751 g/mol. The number of piperidine rings is 1. The molecule has 278 valence electrons. The van der Waals surface area contributed by atoms with Crippen LogP contribution in [0.3, 0.4) is 0 Å². The van der Waals surface area contributed by atoms with E-state index in [0.29, 0.717) is 74.8 Å². The number of halogens is 1. The number of carbonyl (C=O) groups excluding carboxylic acids is 2. The van der Waals surface area contributed by atoms with Gasteiger partial charge in [0, 0.05) is 73.0 Å². The largest absolute Gasteiger partial charge is 0.444 e. The maximum atomic E-state index is 12.7. The molecule has 2 amide bonds. The van der Waals surface area contributed by atoms with Crippen LogP contribution in [0.25, 0.3) is 11.3 Å². The molecule has 4 heterocycles. The summed E-state index contributed by atoms with van der Waals surface area (Å²) < 4.78 is 34.0. The van der Waals surface area contributed by atoms with Crippen molar-refractivity contribution >= 4 is 33.6 Å². The average Bonchev–Trinajstić information content (AvgIpc) is 3.43. The van der Waals surface area contributed by atoms with Gasteiger partial charge in [-0.1, -0.05) is 35.6 Å². The first-order valence-electron chi connectivity index (χ1n) is 17.7. The Bertz CT molecular complexity index is 2020. The highest BCUT2D eigenvalue weighted by molar-refractivity contribution is 7.88. The standard InChI is InChI=1S/C38H47ClN6O6S/c1-38(2,3)51-37(48)43-17-13-26-7-5-25(19-30(26)21-43)6-8-28-20-29(9-10-33(28)39)35-32-24-44(52(4,49)50)18-14-34(32)45(41-35)23-31(46)22-42-15-11-27(12-16-42)36(40)47/h5,7,9-10,19-20,27,31,46H,11-18,21-24H2,1-4H3,(H2,40,47). The van der Waals surface area contributed by atoms with E-state index in [0.717, 1.165) is 34.4 Å². The van der Waals surface area contributed by atoms with Crippen LogP contribution in [-0.4, -0.2) is 100 Å². The number of primary amides is 1. The number of β-amino-alcohol motifs (C(OH)–C–C–N with tert-alkyl or cyclic N) is 1. The predicted octanol–water partition coefficient (Wildman–Crippen LogP) is 3.77. The van der Waals surface area contributed by atoms with E-state index in [4.69, 9.17) is 27.2 Å². The summed E-state index contributed by atoms with van der Waals surface area (Å²) in [6, 6.07) is 11.5. The number of likely N-dealkylation sites (tertiary alicyclic amines) is 1. The van der Waals surface area contributed by atoms with Crippen LogP contribution in [0, 0.1) is 17.8 Å². The van der Waals surface area contributed by atoms with Crippen molar-refractivity contribution in [2.45, 2.75) is 77.8 Å². The quantitative estimate of drug-likeness (QED) is 0.347. The van der Waals surface area contributed by atoms with Gasteiger partial charge in [0.05, 0.1) is 29.6 Å². The van der Waals surface area contributed by atoms with Crippen molar-refractivity contribution in [2.24, 2.45) is 11.7 Å². The summed E-state index contributed by atoms with van der Waals surface area (Å²) in [4.78, 5) is 28.2. The molecule has 14 heteroatoms. The van der Waals surface area contributed by atoms with Crippen LogP contribution in [0.15, 0.2) is 36.4 Å². The number of hydrogen-bond acceptors (Lipinski definition) is 8. The third-order valence-corrected chi connectivity index (χ3v) is 11.4. The molecule has 3 aromatic rings. The minimum Gasteiger partial charge on any atom is -0.444 e. The third-order valence-electron chi connectivity index (χ3n) is 9.86. The number of nitrogens with two attached hydrogens (primary N) is 1. The molecule has 1 saturated heterocycles. The van der Waals surface area contributed by atoms with Crippen molar-refractivity contribution in [1.82, 2.24) is 23.9 Å². The maximum absolute atomic E-state index is 12.7. The van der Waals surface area contributed by atoms with Gasteiger partial charge in [-0.3, -0.25) is 9.48 Å². The molecule has 6 rings (SSSR count). The normalized spacial score (nSPS) is 17.8. The Kier molecular flexibility index (Phi) is 11.1. The Labute approximate surface area is 310 Å². The summed E-state index contributed by atoms with van der Waals surface area (Å²) in [6.45, 7) is 9.11. The number of amides is 2. The van der Waals surface area contributed by atoms with E-state index in [2.05, 4.69) is 16.7 Å². The summed E-state index contributed by atoms with van der Waals surface area (Å²) in [5.41, 5.74) is 11.5. The molecule has 2 aromatic carbocycles. The molecule has 1 atom stereocenters. The fourth-order valence-electron chi connectivity index (χ4n) is 7.11. The molecule has 1 fully saturated rings. The minimum absolute atomic E-state index is 0.129. The minimum atomic E-state index is -3.45. The summed E-state index contributed by atoms with van der Waals surface area (Å²) >= 11 is 6.65. The monoisotopic (exact) mass is 750 g/mol. The van der Waals surface area contributed by atoms with Gasteiger partial charge in [0.15, 0.2) is 0 Å². The molecule has 3 aliphatic rings. The molecular weight excluding hydrogens is 704 g/mol. The molecule has 52 heavy (non-hydrogen) atoms. The number of carbonyl (C=O) groups is 2. The Morgan fingerprint density at radius 1 is 1.02 bits per heavy atom. The van der Waals surface area contributed by atoms with Crippen molar-refractivity contribution in [3.63, 3.8) is 0 Å². The SMILES string of the molecule is CC(C)(C)OC(=O)N1CCc2ccc(C#Cc3cc(-c4nn(CC(O)CN5CCC(C(N)=O)CC5)c5c4CN(S(C)(=O)=O)CC5)ccc3Cl)cc2C1. The van der Waals surface area contributed by atoms with Crippen LogP contribution in [0.5, 0.6) is 0 Å². The first-order valence-corrected chi connectivity index (χ1v) is 19.9. The van der Waals surface area contributed by atoms with Gasteiger partial charge < -0.3 is 25.4 Å². The van der Waals surface area contributed by atoms with Crippen molar-refractivity contribution in [1.29, 1.82) is 0 Å². The van der Waals surface area contributed by atoms with Crippen molar-refractivity contribution in [3.05, 3.63) is 74.9 Å². The van der Waals surface area contributed by atoms with E-state index in [-0.39, 0.29) is 31.0 Å². The number of fused-ring (bicyclic) bond motifs is 2. The van der Waals surface area contributed by atoms with Crippen LogP contribution < -0.4 is 5.73 Å². The summed E-state index contributed by atoms with van der Waals surface area (Å²) in [5.74, 6) is 6.05. The van der Waals surface area contributed by atoms with Crippen LogP contribution >= 0.6 is 11.6 Å². The number of hydrogen-bond donors (Lipinski definition) is 2. The molecule has 1 unspecified atom stereocenters. The van der Waals surface area contributed by atoms with E-state index in [1.54, 1.807) is 15.6 Å². The van der Waals surface area contributed by atoms with E-state index < -0.39 is 21.7 Å². The van der Waals surface area contributed by atoms with Gasteiger partial charge in [0.25, 0.3) is 0 Å². The smallest absolute Gasteiger partial charge is 0.410 e. The number of rotatable bonds is 7.